The largest absolute Gasteiger partial charge is 0.457 e. The SMILES string of the molecule is NC(N=C(c1ccccc1)[C@@H](I)Cc1ccc2c(c1)-c1ccccc1C21c2ccccc2Oc2ccccc21)c1ccc(-c2ccc3c4ccccc4n(-c4ccc5c6ccccc6c6ccccc6c5c4)c3c2)cc1. The molecule has 5 heteroatoms. The van der Waals surface area contributed by atoms with Crippen LogP contribution in [-0.2, 0) is 11.8 Å². The first-order valence-corrected chi connectivity index (χ1v) is 27.4. The highest BCUT2D eigenvalue weighted by Crippen LogP contribution is 2.62. The summed E-state index contributed by atoms with van der Waals surface area (Å²) in [6, 6.07) is 92.5. The highest BCUT2D eigenvalue weighted by Gasteiger charge is 2.51. The predicted molar refractivity (Wildman–Crippen MR) is 324 cm³/mol. The van der Waals surface area contributed by atoms with E-state index in [9.17, 15) is 0 Å². The number of fused-ring (bicyclic) bond motifs is 18. The van der Waals surface area contributed by atoms with Gasteiger partial charge in [0.25, 0.3) is 0 Å². The van der Waals surface area contributed by atoms with Crippen molar-refractivity contribution in [2.24, 2.45) is 10.7 Å². The van der Waals surface area contributed by atoms with Crippen LogP contribution in [0.5, 0.6) is 11.5 Å². The Morgan fingerprint density at radius 2 is 0.987 bits per heavy atom. The van der Waals surface area contributed by atoms with Crippen LogP contribution in [0.3, 0.4) is 0 Å². The monoisotopic (exact) mass is 1090 g/mol. The van der Waals surface area contributed by atoms with Crippen LogP contribution in [0.2, 0.25) is 0 Å². The van der Waals surface area contributed by atoms with Gasteiger partial charge >= 0.3 is 0 Å². The summed E-state index contributed by atoms with van der Waals surface area (Å²) < 4.78 is 9.05. The van der Waals surface area contributed by atoms with Crippen LogP contribution in [0.1, 0.15) is 45.1 Å². The quantitative estimate of drug-likeness (QED) is 0.0713. The van der Waals surface area contributed by atoms with Gasteiger partial charge in [-0.1, -0.05) is 241 Å². The van der Waals surface area contributed by atoms with E-state index in [1.54, 1.807) is 0 Å². The lowest BCUT2D eigenvalue weighted by Crippen LogP contribution is -2.32. The lowest BCUT2D eigenvalue weighted by Gasteiger charge is -2.39. The molecule has 0 fully saturated rings. The number of halogens is 1. The number of hydrogen-bond acceptors (Lipinski definition) is 3. The van der Waals surface area contributed by atoms with Gasteiger partial charge in [-0.15, -0.1) is 0 Å². The topological polar surface area (TPSA) is 52.5 Å². The number of nitrogens with zero attached hydrogens (tertiary/aromatic N) is 2. The Balaban J connectivity index is 0.764. The molecule has 0 bridgehead atoms. The lowest BCUT2D eigenvalue weighted by atomic mass is 9.66. The maximum Gasteiger partial charge on any atom is 0.132 e. The maximum absolute atomic E-state index is 7.14. The number of hydrogen-bond donors (Lipinski definition) is 1. The first kappa shape index (κ1) is 44.8. The minimum Gasteiger partial charge on any atom is -0.457 e. The number of aromatic nitrogens is 1. The molecule has 0 saturated carbocycles. The molecule has 4 nitrogen and oxygen atoms in total. The minimum atomic E-state index is -0.562. The molecule has 15 rings (SSSR count). The highest BCUT2D eigenvalue weighted by atomic mass is 127. The summed E-state index contributed by atoms with van der Waals surface area (Å²) in [5, 5.41) is 10.1. The Kier molecular flexibility index (Phi) is 10.5. The molecule has 76 heavy (non-hydrogen) atoms. The third kappa shape index (κ3) is 6.89. The van der Waals surface area contributed by atoms with E-state index < -0.39 is 11.6 Å². The summed E-state index contributed by atoms with van der Waals surface area (Å²) >= 11 is 2.59. The molecule has 0 radical (unpaired) electrons. The lowest BCUT2D eigenvalue weighted by molar-refractivity contribution is 0.436. The van der Waals surface area contributed by atoms with Crippen LogP contribution in [0.25, 0.3) is 82.1 Å². The number of nitrogens with two attached hydrogens (primary N) is 1. The van der Waals surface area contributed by atoms with E-state index in [0.717, 1.165) is 51.6 Å². The number of aliphatic imine (C=N–C) groups is 1. The van der Waals surface area contributed by atoms with Crippen molar-refractivity contribution in [3.8, 4) is 39.4 Å². The van der Waals surface area contributed by atoms with Crippen LogP contribution in [0.15, 0.2) is 260 Å². The fraction of sp³-hybridized carbons (Fsp3) is 0.0563. The van der Waals surface area contributed by atoms with Gasteiger partial charge in [0.1, 0.15) is 17.7 Å². The van der Waals surface area contributed by atoms with E-state index >= 15 is 0 Å². The van der Waals surface area contributed by atoms with Gasteiger partial charge in [-0.2, -0.15) is 0 Å². The number of alkyl halides is 1. The summed E-state index contributed by atoms with van der Waals surface area (Å²) in [6.45, 7) is 0. The molecule has 12 aromatic carbocycles. The van der Waals surface area contributed by atoms with Crippen molar-refractivity contribution >= 4 is 82.4 Å². The summed E-state index contributed by atoms with van der Waals surface area (Å²) in [7, 11) is 0. The second-order valence-corrected chi connectivity index (χ2v) is 21.8. The minimum absolute atomic E-state index is 0.0395. The van der Waals surface area contributed by atoms with Crippen molar-refractivity contribution in [2.75, 3.05) is 0 Å². The summed E-state index contributed by atoms with van der Waals surface area (Å²) in [6.07, 6.45) is 0.220. The zero-order valence-corrected chi connectivity index (χ0v) is 43.5. The van der Waals surface area contributed by atoms with Crippen molar-refractivity contribution in [3.05, 3.63) is 294 Å². The van der Waals surface area contributed by atoms with E-state index in [1.807, 2.05) is 0 Å². The number of benzene rings is 12. The van der Waals surface area contributed by atoms with Crippen LogP contribution in [-0.4, -0.2) is 14.2 Å². The summed E-state index contributed by atoms with van der Waals surface area (Å²) in [5.74, 6) is 1.80. The van der Waals surface area contributed by atoms with Crippen LogP contribution in [0.4, 0.5) is 0 Å². The van der Waals surface area contributed by atoms with Crippen LogP contribution in [0, 0.1) is 0 Å². The van der Waals surface area contributed by atoms with Gasteiger partial charge in [-0.05, 0) is 125 Å². The van der Waals surface area contributed by atoms with Gasteiger partial charge in [-0.25, -0.2) is 0 Å². The van der Waals surface area contributed by atoms with Crippen LogP contribution < -0.4 is 10.5 Å². The third-order valence-electron chi connectivity index (χ3n) is 16.2. The van der Waals surface area contributed by atoms with Crippen molar-refractivity contribution in [1.29, 1.82) is 0 Å². The van der Waals surface area contributed by atoms with Crippen molar-refractivity contribution in [1.82, 2.24) is 4.57 Å². The molecule has 1 aliphatic carbocycles. The molecule has 360 valence electrons. The predicted octanol–water partition coefficient (Wildman–Crippen LogP) is 17.9. The highest BCUT2D eigenvalue weighted by molar-refractivity contribution is 14.1. The smallest absolute Gasteiger partial charge is 0.132 e. The second-order valence-electron chi connectivity index (χ2n) is 20.3. The summed E-state index contributed by atoms with van der Waals surface area (Å²) in [5.41, 5.74) is 24.1. The molecular weight excluding hydrogens is 1040 g/mol. The second kappa shape index (κ2) is 17.8. The number of para-hydroxylation sites is 3. The fourth-order valence-electron chi connectivity index (χ4n) is 12.8. The average Bonchev–Trinajstić information content (AvgIpc) is 4.19. The molecule has 2 heterocycles. The van der Waals surface area contributed by atoms with Crippen molar-refractivity contribution in [3.63, 3.8) is 0 Å². The van der Waals surface area contributed by atoms with Gasteiger partial charge in [0, 0.05) is 27.6 Å². The van der Waals surface area contributed by atoms with E-state index in [0.29, 0.717) is 0 Å². The van der Waals surface area contributed by atoms with E-state index in [2.05, 4.69) is 282 Å². The van der Waals surface area contributed by atoms with Crippen molar-refractivity contribution in [2.45, 2.75) is 21.9 Å². The molecule has 0 amide bonds. The molecule has 13 aromatic rings. The zero-order chi connectivity index (χ0) is 50.5. The molecule has 0 saturated heterocycles. The Labute approximate surface area is 454 Å². The average molecular weight is 1090 g/mol. The first-order chi connectivity index (χ1) is 37.5. The number of ether oxygens (including phenoxy) is 1. The molecule has 1 spiro atoms. The molecule has 1 aromatic heterocycles. The molecule has 2 aliphatic rings. The Morgan fingerprint density at radius 3 is 1.70 bits per heavy atom. The fourth-order valence-corrected chi connectivity index (χ4v) is 13.9. The van der Waals surface area contributed by atoms with Gasteiger partial charge in [-0.3, -0.25) is 4.99 Å². The van der Waals surface area contributed by atoms with Gasteiger partial charge in [0.15, 0.2) is 0 Å². The van der Waals surface area contributed by atoms with E-state index in [4.69, 9.17) is 15.5 Å². The normalized spacial score (nSPS) is 14.2. The Morgan fingerprint density at radius 1 is 0.447 bits per heavy atom. The standard InChI is InChI=1S/C71H48IN3O/c72-64(41-44-30-39-61-59(40-44)55-22-8-10-24-60(55)71(61)62-25-11-14-28-67(62)76-68-29-15-12-26-63(68)71)69(46-16-2-1-3-17-46)74-70(73)47-33-31-45(32-34-47)48-35-37-57-56-23-9-13-27-65(56)75(66(57)42-48)49-36-38-54-52-20-5-4-18-50(52)51-19-6-7-21-53(51)58(54)43-49/h1-40,42-43,64,70H,41,73H2/t64-,70?/m0/s1. The number of rotatable bonds is 8. The van der Waals surface area contributed by atoms with Crippen LogP contribution >= 0.6 is 22.6 Å². The van der Waals surface area contributed by atoms with Gasteiger partial charge in [0.05, 0.1) is 26.1 Å². The van der Waals surface area contributed by atoms with Gasteiger partial charge in [0.2, 0.25) is 0 Å². The molecule has 2 atom stereocenters. The van der Waals surface area contributed by atoms with E-state index in [1.165, 1.54) is 93.1 Å². The van der Waals surface area contributed by atoms with Crippen molar-refractivity contribution < 1.29 is 4.74 Å². The van der Waals surface area contributed by atoms with E-state index in [-0.39, 0.29) is 3.92 Å². The Hall–Kier alpha value is -8.62. The first-order valence-electron chi connectivity index (χ1n) is 26.1. The molecule has 1 unspecified atom stereocenters. The maximum atomic E-state index is 7.14. The zero-order valence-electron chi connectivity index (χ0n) is 41.4. The molecular formula is C71H48IN3O. The summed E-state index contributed by atoms with van der Waals surface area (Å²) in [4.78, 5) is 5.38. The third-order valence-corrected chi connectivity index (χ3v) is 17.2. The molecule has 2 N–H and O–H groups in total. The van der Waals surface area contributed by atoms with Gasteiger partial charge < -0.3 is 15.0 Å². The Bertz CT molecular complexity index is 4440. The molecule has 1 aliphatic heterocycles.